The number of methoxy groups -OCH3 is 3. The van der Waals surface area contributed by atoms with Gasteiger partial charge in [-0.15, -0.1) is 0 Å². The van der Waals surface area contributed by atoms with Gasteiger partial charge in [0.25, 0.3) is 0 Å². The number of nitrogens with zero attached hydrogens (tertiary/aromatic N) is 1. The van der Waals surface area contributed by atoms with E-state index in [1.807, 2.05) is 18.2 Å². The molecule has 1 aliphatic rings. The standard InChI is InChI=1S/C22H28N2O6S/c1-24(31(26,27)17-9-11-20(29-3)21(13-17)30-4)14-22(25)23-19-7-5-6-15-12-16(28-2)8-10-18(15)19/h8-13,19H,5-7,14H2,1-4H3,(H,23,25). The van der Waals surface area contributed by atoms with Crippen molar-refractivity contribution in [2.45, 2.75) is 30.2 Å². The van der Waals surface area contributed by atoms with Crippen LogP contribution in [0.2, 0.25) is 0 Å². The van der Waals surface area contributed by atoms with Crippen LogP contribution in [0.15, 0.2) is 41.3 Å². The first-order chi connectivity index (χ1) is 14.8. The highest BCUT2D eigenvalue weighted by Gasteiger charge is 2.27. The second kappa shape index (κ2) is 9.57. The van der Waals surface area contributed by atoms with Crippen LogP contribution in [0.1, 0.15) is 30.0 Å². The molecule has 0 saturated carbocycles. The molecule has 2 aromatic rings. The van der Waals surface area contributed by atoms with Crippen LogP contribution in [0.25, 0.3) is 0 Å². The van der Waals surface area contributed by atoms with Crippen molar-refractivity contribution in [2.24, 2.45) is 0 Å². The van der Waals surface area contributed by atoms with Crippen molar-refractivity contribution in [1.29, 1.82) is 0 Å². The summed E-state index contributed by atoms with van der Waals surface area (Å²) >= 11 is 0. The Morgan fingerprint density at radius 2 is 1.81 bits per heavy atom. The molecule has 1 N–H and O–H groups in total. The Kier molecular flexibility index (Phi) is 7.07. The van der Waals surface area contributed by atoms with Crippen molar-refractivity contribution in [3.8, 4) is 17.2 Å². The largest absolute Gasteiger partial charge is 0.497 e. The lowest BCUT2D eigenvalue weighted by Crippen LogP contribution is -2.40. The molecule has 1 unspecified atom stereocenters. The lowest BCUT2D eigenvalue weighted by Gasteiger charge is -2.27. The summed E-state index contributed by atoms with van der Waals surface area (Å²) in [6.07, 6.45) is 2.66. The summed E-state index contributed by atoms with van der Waals surface area (Å²) in [6, 6.07) is 10.00. The number of likely N-dealkylation sites (N-methyl/N-ethyl adjacent to an activating group) is 1. The first-order valence-electron chi connectivity index (χ1n) is 9.94. The zero-order chi connectivity index (χ0) is 22.6. The molecule has 1 amide bonds. The minimum absolute atomic E-state index is 0.0237. The first kappa shape index (κ1) is 22.9. The Balaban J connectivity index is 1.71. The number of sulfonamides is 1. The Bertz CT molecular complexity index is 1050. The molecule has 9 heteroatoms. The van der Waals surface area contributed by atoms with E-state index in [1.165, 1.54) is 39.5 Å². The zero-order valence-electron chi connectivity index (χ0n) is 18.2. The molecule has 1 atom stereocenters. The van der Waals surface area contributed by atoms with Crippen molar-refractivity contribution in [1.82, 2.24) is 9.62 Å². The molecule has 8 nitrogen and oxygen atoms in total. The number of hydrogen-bond acceptors (Lipinski definition) is 6. The molecular weight excluding hydrogens is 420 g/mol. The van der Waals surface area contributed by atoms with Crippen molar-refractivity contribution >= 4 is 15.9 Å². The summed E-state index contributed by atoms with van der Waals surface area (Å²) < 4.78 is 42.5. The predicted octanol–water partition coefficient (Wildman–Crippen LogP) is 2.53. The van der Waals surface area contributed by atoms with Gasteiger partial charge in [-0.2, -0.15) is 4.31 Å². The smallest absolute Gasteiger partial charge is 0.243 e. The van der Waals surface area contributed by atoms with Gasteiger partial charge < -0.3 is 19.5 Å². The van der Waals surface area contributed by atoms with E-state index in [4.69, 9.17) is 14.2 Å². The van der Waals surface area contributed by atoms with Gasteiger partial charge >= 0.3 is 0 Å². The third kappa shape index (κ3) is 4.94. The second-order valence-electron chi connectivity index (χ2n) is 7.35. The lowest BCUT2D eigenvalue weighted by atomic mass is 9.87. The Morgan fingerprint density at radius 3 is 2.48 bits per heavy atom. The average Bonchev–Trinajstić information content (AvgIpc) is 2.78. The lowest BCUT2D eigenvalue weighted by molar-refractivity contribution is -0.122. The topological polar surface area (TPSA) is 94.2 Å². The van der Waals surface area contributed by atoms with Crippen LogP contribution < -0.4 is 19.5 Å². The minimum Gasteiger partial charge on any atom is -0.497 e. The summed E-state index contributed by atoms with van der Waals surface area (Å²) in [5, 5.41) is 2.98. The molecule has 3 rings (SSSR count). The third-order valence-electron chi connectivity index (χ3n) is 5.43. The molecule has 1 aliphatic carbocycles. The number of hydrogen-bond donors (Lipinski definition) is 1. The second-order valence-corrected chi connectivity index (χ2v) is 9.40. The number of benzene rings is 2. The summed E-state index contributed by atoms with van der Waals surface area (Å²) in [6.45, 7) is -0.293. The van der Waals surface area contributed by atoms with Gasteiger partial charge in [-0.3, -0.25) is 4.79 Å². The molecule has 168 valence electrons. The van der Waals surface area contributed by atoms with Gasteiger partial charge in [-0.05, 0) is 54.7 Å². The van der Waals surface area contributed by atoms with E-state index >= 15 is 0 Å². The first-order valence-corrected chi connectivity index (χ1v) is 11.4. The van der Waals surface area contributed by atoms with E-state index in [9.17, 15) is 13.2 Å². The summed E-state index contributed by atoms with van der Waals surface area (Å²) in [5.74, 6) is 1.15. The highest BCUT2D eigenvalue weighted by atomic mass is 32.2. The summed E-state index contributed by atoms with van der Waals surface area (Å²) in [4.78, 5) is 12.7. The molecule has 0 heterocycles. The molecule has 0 spiro atoms. The Hall–Kier alpha value is -2.78. The van der Waals surface area contributed by atoms with E-state index in [0.29, 0.717) is 11.5 Å². The Labute approximate surface area is 183 Å². The van der Waals surface area contributed by atoms with Crippen LogP contribution in [0, 0.1) is 0 Å². The normalized spacial score (nSPS) is 15.8. The number of aryl methyl sites for hydroxylation is 1. The van der Waals surface area contributed by atoms with E-state index in [0.717, 1.165) is 40.4 Å². The van der Waals surface area contributed by atoms with Crippen LogP contribution >= 0.6 is 0 Å². The summed E-state index contributed by atoms with van der Waals surface area (Å²) in [5.41, 5.74) is 2.19. The van der Waals surface area contributed by atoms with Gasteiger partial charge in [0.1, 0.15) is 5.75 Å². The number of carbonyl (C=O) groups is 1. The molecule has 0 bridgehead atoms. The highest BCUT2D eigenvalue weighted by molar-refractivity contribution is 7.89. The molecular formula is C22H28N2O6S. The van der Waals surface area contributed by atoms with Gasteiger partial charge in [-0.1, -0.05) is 6.07 Å². The van der Waals surface area contributed by atoms with Crippen molar-refractivity contribution in [3.05, 3.63) is 47.5 Å². The van der Waals surface area contributed by atoms with Gasteiger partial charge in [0.2, 0.25) is 15.9 Å². The van der Waals surface area contributed by atoms with Crippen LogP contribution in [0.4, 0.5) is 0 Å². The van der Waals surface area contributed by atoms with E-state index in [2.05, 4.69) is 5.32 Å². The zero-order valence-corrected chi connectivity index (χ0v) is 19.0. The van der Waals surface area contributed by atoms with Crippen molar-refractivity contribution in [3.63, 3.8) is 0 Å². The molecule has 31 heavy (non-hydrogen) atoms. The highest BCUT2D eigenvalue weighted by Crippen LogP contribution is 2.33. The third-order valence-corrected chi connectivity index (χ3v) is 7.23. The molecule has 0 aromatic heterocycles. The number of carbonyl (C=O) groups excluding carboxylic acids is 1. The number of rotatable bonds is 8. The van der Waals surface area contributed by atoms with E-state index < -0.39 is 10.0 Å². The maximum atomic E-state index is 12.9. The number of ether oxygens (including phenoxy) is 3. The minimum atomic E-state index is -3.88. The van der Waals surface area contributed by atoms with Crippen LogP contribution in [0.5, 0.6) is 17.2 Å². The number of amides is 1. The summed E-state index contributed by atoms with van der Waals surface area (Å²) in [7, 11) is 2.03. The fourth-order valence-corrected chi connectivity index (χ4v) is 4.89. The SMILES string of the molecule is COc1ccc2c(c1)CCCC2NC(=O)CN(C)S(=O)(=O)c1ccc(OC)c(OC)c1. The van der Waals surface area contributed by atoms with Crippen LogP contribution in [-0.4, -0.2) is 53.6 Å². The number of nitrogens with one attached hydrogen (secondary N) is 1. The van der Waals surface area contributed by atoms with E-state index in [-0.39, 0.29) is 23.4 Å². The fraction of sp³-hybridized carbons (Fsp3) is 0.409. The average molecular weight is 449 g/mol. The predicted molar refractivity (Wildman–Crippen MR) is 116 cm³/mol. The molecule has 2 aromatic carbocycles. The monoisotopic (exact) mass is 448 g/mol. The van der Waals surface area contributed by atoms with Gasteiger partial charge in [0.05, 0.1) is 38.8 Å². The fourth-order valence-electron chi connectivity index (χ4n) is 3.75. The molecule has 0 fully saturated rings. The van der Waals surface area contributed by atoms with Crippen molar-refractivity contribution in [2.75, 3.05) is 34.9 Å². The maximum absolute atomic E-state index is 12.9. The molecule has 0 aliphatic heterocycles. The molecule has 0 saturated heterocycles. The van der Waals surface area contributed by atoms with Crippen LogP contribution in [0.3, 0.4) is 0 Å². The Morgan fingerprint density at radius 1 is 1.06 bits per heavy atom. The number of fused-ring (bicyclic) bond motifs is 1. The van der Waals surface area contributed by atoms with Gasteiger partial charge in [0, 0.05) is 13.1 Å². The molecule has 0 radical (unpaired) electrons. The maximum Gasteiger partial charge on any atom is 0.243 e. The van der Waals surface area contributed by atoms with Crippen molar-refractivity contribution < 1.29 is 27.4 Å². The van der Waals surface area contributed by atoms with Gasteiger partial charge in [-0.25, -0.2) is 8.42 Å². The van der Waals surface area contributed by atoms with E-state index in [1.54, 1.807) is 7.11 Å². The van der Waals surface area contributed by atoms with Gasteiger partial charge in [0.15, 0.2) is 11.5 Å². The quantitative estimate of drug-likeness (QED) is 0.667. The van der Waals surface area contributed by atoms with Crippen LogP contribution in [-0.2, 0) is 21.2 Å².